The van der Waals surface area contributed by atoms with Crippen LogP contribution in [-0.2, 0) is 21.2 Å². The summed E-state index contributed by atoms with van der Waals surface area (Å²) in [5, 5.41) is 2.25. The number of carbonyl (C=O) groups is 1. The molecule has 0 aliphatic rings. The number of rotatable bonds is 7. The van der Waals surface area contributed by atoms with Crippen LogP contribution in [0.15, 0.2) is 36.1 Å². The van der Waals surface area contributed by atoms with Crippen molar-refractivity contribution >= 4 is 33.0 Å². The number of ether oxygens (including phenoxy) is 2. The summed E-state index contributed by atoms with van der Waals surface area (Å²) >= 11 is 1.28. The van der Waals surface area contributed by atoms with Crippen LogP contribution in [0.1, 0.15) is 5.69 Å². The van der Waals surface area contributed by atoms with Crippen LogP contribution in [-0.4, -0.2) is 54.7 Å². The van der Waals surface area contributed by atoms with Crippen LogP contribution >= 0.6 is 11.3 Å². The molecule has 10 nitrogen and oxygen atoms in total. The molecule has 3 aromatic heterocycles. The summed E-state index contributed by atoms with van der Waals surface area (Å²) in [6.07, 6.45) is 5.33. The molecule has 0 aromatic carbocycles. The van der Waals surface area contributed by atoms with E-state index in [1.54, 1.807) is 17.8 Å². The standard InChI is InChI=1S/C17H17N5O5S2/c1-26-14-5-4-13(16(21-14)27-2)22(29(3,24)25)15(23)8-11-10-28-17(20-11)12-9-18-6-7-19-12/h4-7,9-10H,8H2,1-3H3. The van der Waals surface area contributed by atoms with Gasteiger partial charge in [0.25, 0.3) is 0 Å². The number of pyridine rings is 1. The molecule has 0 bridgehead atoms. The quantitative estimate of drug-likeness (QED) is 0.543. The Morgan fingerprint density at radius 3 is 2.59 bits per heavy atom. The minimum Gasteiger partial charge on any atom is -0.481 e. The molecule has 0 fully saturated rings. The van der Waals surface area contributed by atoms with E-state index in [1.165, 1.54) is 43.9 Å². The molecule has 0 atom stereocenters. The number of methoxy groups -OCH3 is 2. The van der Waals surface area contributed by atoms with Gasteiger partial charge in [0, 0.05) is 23.8 Å². The van der Waals surface area contributed by atoms with Crippen LogP contribution in [0.5, 0.6) is 11.8 Å². The summed E-state index contributed by atoms with van der Waals surface area (Å²) in [4.78, 5) is 29.4. The van der Waals surface area contributed by atoms with E-state index in [9.17, 15) is 13.2 Å². The summed E-state index contributed by atoms with van der Waals surface area (Å²) in [6, 6.07) is 2.84. The van der Waals surface area contributed by atoms with Gasteiger partial charge in [-0.3, -0.25) is 14.8 Å². The van der Waals surface area contributed by atoms with Crippen molar-refractivity contribution in [1.29, 1.82) is 0 Å². The highest BCUT2D eigenvalue weighted by Gasteiger charge is 2.30. The Hall–Kier alpha value is -3.12. The second-order valence-corrected chi connectivity index (χ2v) is 8.40. The van der Waals surface area contributed by atoms with Gasteiger partial charge >= 0.3 is 0 Å². The lowest BCUT2D eigenvalue weighted by Gasteiger charge is -2.21. The number of aromatic nitrogens is 4. The molecule has 3 rings (SSSR count). The summed E-state index contributed by atoms with van der Waals surface area (Å²) in [5.41, 5.74) is 0.970. The fraction of sp³-hybridized carbons (Fsp3) is 0.235. The van der Waals surface area contributed by atoms with Crippen molar-refractivity contribution in [3.63, 3.8) is 0 Å². The topological polar surface area (TPSA) is 124 Å². The SMILES string of the molecule is COc1ccc(N(C(=O)Cc2csc(-c3cnccn3)n2)S(C)(=O)=O)c(OC)n1. The third-order valence-corrected chi connectivity index (χ3v) is 5.64. The molecule has 0 radical (unpaired) electrons. The number of hydrogen-bond donors (Lipinski definition) is 0. The number of sulfonamides is 1. The molecule has 0 N–H and O–H groups in total. The largest absolute Gasteiger partial charge is 0.481 e. The number of anilines is 1. The van der Waals surface area contributed by atoms with Gasteiger partial charge in [-0.2, -0.15) is 4.98 Å². The highest BCUT2D eigenvalue weighted by molar-refractivity contribution is 7.92. The highest BCUT2D eigenvalue weighted by atomic mass is 32.2. The van der Waals surface area contributed by atoms with Crippen LogP contribution in [0.2, 0.25) is 0 Å². The van der Waals surface area contributed by atoms with Crippen molar-refractivity contribution in [2.24, 2.45) is 0 Å². The van der Waals surface area contributed by atoms with Crippen molar-refractivity contribution in [2.45, 2.75) is 6.42 Å². The molecule has 12 heteroatoms. The van der Waals surface area contributed by atoms with E-state index in [4.69, 9.17) is 9.47 Å². The van der Waals surface area contributed by atoms with Crippen molar-refractivity contribution in [1.82, 2.24) is 19.9 Å². The molecule has 152 valence electrons. The predicted molar refractivity (Wildman–Crippen MR) is 107 cm³/mol. The Morgan fingerprint density at radius 1 is 1.17 bits per heavy atom. The predicted octanol–water partition coefficient (Wildman–Crippen LogP) is 1.55. The summed E-state index contributed by atoms with van der Waals surface area (Å²) in [7, 11) is -1.22. The zero-order valence-corrected chi connectivity index (χ0v) is 17.4. The Labute approximate surface area is 171 Å². The second-order valence-electron chi connectivity index (χ2n) is 5.71. The van der Waals surface area contributed by atoms with E-state index in [2.05, 4.69) is 19.9 Å². The molecular weight excluding hydrogens is 418 g/mol. The van der Waals surface area contributed by atoms with Gasteiger partial charge in [0.2, 0.25) is 27.7 Å². The smallest absolute Gasteiger partial charge is 0.246 e. The number of thiazole rings is 1. The second kappa shape index (κ2) is 8.49. The lowest BCUT2D eigenvalue weighted by atomic mass is 10.3. The van der Waals surface area contributed by atoms with Gasteiger partial charge in [0.15, 0.2) is 0 Å². The zero-order chi connectivity index (χ0) is 21.0. The molecule has 3 aromatic rings. The van der Waals surface area contributed by atoms with Gasteiger partial charge in [-0.05, 0) is 6.07 Å². The number of hydrogen-bond acceptors (Lipinski definition) is 10. The van der Waals surface area contributed by atoms with Gasteiger partial charge < -0.3 is 9.47 Å². The number of amides is 1. The molecule has 0 unspecified atom stereocenters. The van der Waals surface area contributed by atoms with Crippen LogP contribution in [0.25, 0.3) is 10.7 Å². The van der Waals surface area contributed by atoms with Crippen molar-refractivity contribution in [2.75, 3.05) is 24.8 Å². The third-order valence-electron chi connectivity index (χ3n) is 3.66. The summed E-state index contributed by atoms with van der Waals surface area (Å²) in [6.45, 7) is 0. The normalized spacial score (nSPS) is 11.1. The minimum absolute atomic E-state index is 0.00909. The lowest BCUT2D eigenvalue weighted by molar-refractivity contribution is -0.116. The lowest BCUT2D eigenvalue weighted by Crippen LogP contribution is -2.37. The highest BCUT2D eigenvalue weighted by Crippen LogP contribution is 2.31. The monoisotopic (exact) mass is 435 g/mol. The molecular formula is C17H17N5O5S2. The Kier molecular flexibility index (Phi) is 6.03. The van der Waals surface area contributed by atoms with Gasteiger partial charge in [-0.25, -0.2) is 17.7 Å². The van der Waals surface area contributed by atoms with Crippen LogP contribution < -0.4 is 13.8 Å². The molecule has 0 aliphatic carbocycles. The Balaban J connectivity index is 1.91. The van der Waals surface area contributed by atoms with E-state index >= 15 is 0 Å². The van der Waals surface area contributed by atoms with Crippen LogP contribution in [0.4, 0.5) is 5.69 Å². The third kappa shape index (κ3) is 4.66. The van der Waals surface area contributed by atoms with Gasteiger partial charge in [0.05, 0.1) is 38.8 Å². The Bertz CT molecular complexity index is 1120. The van der Waals surface area contributed by atoms with Crippen molar-refractivity contribution in [3.05, 3.63) is 41.8 Å². The van der Waals surface area contributed by atoms with E-state index in [1.807, 2.05) is 0 Å². The first-order valence-corrected chi connectivity index (χ1v) is 10.9. The average molecular weight is 435 g/mol. The van der Waals surface area contributed by atoms with Gasteiger partial charge in [0.1, 0.15) is 16.4 Å². The first-order chi connectivity index (χ1) is 13.8. The molecule has 0 saturated carbocycles. The first-order valence-electron chi connectivity index (χ1n) is 8.16. The summed E-state index contributed by atoms with van der Waals surface area (Å²) < 4.78 is 35.5. The molecule has 3 heterocycles. The van der Waals surface area contributed by atoms with Gasteiger partial charge in [-0.1, -0.05) is 0 Å². The number of carbonyl (C=O) groups excluding carboxylic acids is 1. The zero-order valence-electron chi connectivity index (χ0n) is 15.8. The molecule has 0 saturated heterocycles. The van der Waals surface area contributed by atoms with Crippen LogP contribution in [0, 0.1) is 0 Å². The maximum atomic E-state index is 12.9. The fourth-order valence-electron chi connectivity index (χ4n) is 2.47. The molecule has 1 amide bonds. The minimum atomic E-state index is -3.96. The van der Waals surface area contributed by atoms with E-state index in [-0.39, 0.29) is 23.9 Å². The van der Waals surface area contributed by atoms with E-state index in [0.717, 1.165) is 6.26 Å². The Morgan fingerprint density at radius 2 is 1.97 bits per heavy atom. The maximum absolute atomic E-state index is 12.9. The average Bonchev–Trinajstić information content (AvgIpc) is 3.16. The van der Waals surface area contributed by atoms with E-state index < -0.39 is 15.9 Å². The fourth-order valence-corrected chi connectivity index (χ4v) is 4.19. The number of nitrogens with zero attached hydrogens (tertiary/aromatic N) is 5. The molecule has 0 aliphatic heterocycles. The van der Waals surface area contributed by atoms with E-state index in [0.29, 0.717) is 20.7 Å². The molecule has 29 heavy (non-hydrogen) atoms. The van der Waals surface area contributed by atoms with Gasteiger partial charge in [-0.15, -0.1) is 11.3 Å². The first kappa shape index (κ1) is 20.6. The maximum Gasteiger partial charge on any atom is 0.246 e. The molecule has 0 spiro atoms. The van der Waals surface area contributed by atoms with Crippen LogP contribution in [0.3, 0.4) is 0 Å². The van der Waals surface area contributed by atoms with Crippen molar-refractivity contribution in [3.8, 4) is 22.5 Å². The summed E-state index contributed by atoms with van der Waals surface area (Å²) in [5.74, 6) is -0.532. The van der Waals surface area contributed by atoms with Crippen molar-refractivity contribution < 1.29 is 22.7 Å².